The van der Waals surface area contributed by atoms with Crippen LogP contribution in [0.3, 0.4) is 0 Å². The average Bonchev–Trinajstić information content (AvgIpc) is 3.41. The topological polar surface area (TPSA) is 61.9 Å². The molecule has 2 aliphatic heterocycles. The van der Waals surface area contributed by atoms with Gasteiger partial charge in [0.25, 0.3) is 5.91 Å². The Hall–Kier alpha value is -2.38. The molecule has 4 rings (SSSR count). The van der Waals surface area contributed by atoms with E-state index in [1.165, 1.54) is 17.7 Å². The number of rotatable bonds is 6. The van der Waals surface area contributed by atoms with Gasteiger partial charge in [-0.1, -0.05) is 13.0 Å². The van der Waals surface area contributed by atoms with Crippen LogP contribution in [0.25, 0.3) is 0 Å². The standard InChI is InChI=1S/C22H27N3O3S/c1-16-8-10-24(11-9-16)19(20-3-2-14-29-20)15-23-21(26)17-4-6-18(7-5-17)25-12-13-28-22(25)27/h2-7,14,16,19H,8-13,15H2,1H3,(H,23,26). The first-order valence-electron chi connectivity index (χ1n) is 10.2. The largest absolute Gasteiger partial charge is 0.447 e. The Balaban J connectivity index is 1.39. The zero-order chi connectivity index (χ0) is 20.2. The lowest BCUT2D eigenvalue weighted by atomic mass is 9.97. The van der Waals surface area contributed by atoms with Gasteiger partial charge in [0.05, 0.1) is 12.6 Å². The highest BCUT2D eigenvalue weighted by Gasteiger charge is 2.26. The van der Waals surface area contributed by atoms with E-state index in [0.29, 0.717) is 25.3 Å². The van der Waals surface area contributed by atoms with E-state index in [2.05, 4.69) is 34.7 Å². The van der Waals surface area contributed by atoms with Crippen molar-refractivity contribution in [1.29, 1.82) is 0 Å². The summed E-state index contributed by atoms with van der Waals surface area (Å²) < 4.78 is 4.97. The molecule has 0 radical (unpaired) electrons. The van der Waals surface area contributed by atoms with Crippen LogP contribution in [0.2, 0.25) is 0 Å². The van der Waals surface area contributed by atoms with E-state index < -0.39 is 0 Å². The van der Waals surface area contributed by atoms with Crippen molar-refractivity contribution in [3.05, 3.63) is 52.2 Å². The maximum Gasteiger partial charge on any atom is 0.414 e. The summed E-state index contributed by atoms with van der Waals surface area (Å²) in [7, 11) is 0. The second kappa shape index (κ2) is 8.97. The third-order valence-electron chi connectivity index (χ3n) is 5.79. The Morgan fingerprint density at radius 3 is 2.59 bits per heavy atom. The Labute approximate surface area is 175 Å². The van der Waals surface area contributed by atoms with Crippen LogP contribution in [-0.2, 0) is 4.74 Å². The minimum Gasteiger partial charge on any atom is -0.447 e. The molecule has 1 unspecified atom stereocenters. The Bertz CT molecular complexity index is 829. The van der Waals surface area contributed by atoms with Gasteiger partial charge < -0.3 is 10.1 Å². The van der Waals surface area contributed by atoms with Gasteiger partial charge in [-0.3, -0.25) is 14.6 Å². The summed E-state index contributed by atoms with van der Waals surface area (Å²) in [6, 6.07) is 11.6. The second-order valence-corrected chi connectivity index (χ2v) is 8.75. The van der Waals surface area contributed by atoms with Gasteiger partial charge in [0.1, 0.15) is 6.61 Å². The smallest absolute Gasteiger partial charge is 0.414 e. The van der Waals surface area contributed by atoms with Crippen LogP contribution in [0.1, 0.15) is 41.0 Å². The molecule has 2 aromatic rings. The van der Waals surface area contributed by atoms with Crippen LogP contribution in [0, 0.1) is 5.92 Å². The third-order valence-corrected chi connectivity index (χ3v) is 6.76. The second-order valence-electron chi connectivity index (χ2n) is 7.77. The molecule has 1 aromatic heterocycles. The molecule has 0 spiro atoms. The quantitative estimate of drug-likeness (QED) is 0.780. The number of anilines is 1. The normalized spacial score (nSPS) is 19.2. The number of cyclic esters (lactones) is 1. The number of ether oxygens (including phenoxy) is 1. The summed E-state index contributed by atoms with van der Waals surface area (Å²) in [5, 5.41) is 5.21. The predicted molar refractivity (Wildman–Crippen MR) is 115 cm³/mol. The molecule has 0 aliphatic carbocycles. The molecule has 154 valence electrons. The van der Waals surface area contributed by atoms with Crippen molar-refractivity contribution in [3.63, 3.8) is 0 Å². The van der Waals surface area contributed by atoms with E-state index in [9.17, 15) is 9.59 Å². The lowest BCUT2D eigenvalue weighted by molar-refractivity contribution is 0.0915. The molecule has 2 fully saturated rings. The van der Waals surface area contributed by atoms with Gasteiger partial charge in [-0.25, -0.2) is 4.79 Å². The van der Waals surface area contributed by atoms with Gasteiger partial charge in [-0.05, 0) is 67.6 Å². The number of nitrogens with one attached hydrogen (secondary N) is 1. The molecular weight excluding hydrogens is 386 g/mol. The average molecular weight is 414 g/mol. The summed E-state index contributed by atoms with van der Waals surface area (Å²) in [4.78, 5) is 29.8. The minimum atomic E-state index is -0.336. The van der Waals surface area contributed by atoms with E-state index >= 15 is 0 Å². The predicted octanol–water partition coefficient (Wildman–Crippen LogP) is 3.91. The summed E-state index contributed by atoms with van der Waals surface area (Å²) in [5.74, 6) is 0.684. The number of amides is 2. The Kier molecular flexibility index (Phi) is 6.16. The Morgan fingerprint density at radius 1 is 1.21 bits per heavy atom. The zero-order valence-electron chi connectivity index (χ0n) is 16.7. The molecule has 7 heteroatoms. The first kappa shape index (κ1) is 19.9. The number of hydrogen-bond acceptors (Lipinski definition) is 5. The summed E-state index contributed by atoms with van der Waals surface area (Å²) >= 11 is 1.75. The molecule has 2 amide bonds. The highest BCUT2D eigenvalue weighted by Crippen LogP contribution is 2.29. The van der Waals surface area contributed by atoms with Crippen molar-refractivity contribution in [3.8, 4) is 0 Å². The first-order valence-corrected chi connectivity index (χ1v) is 11.1. The maximum absolute atomic E-state index is 12.7. The maximum atomic E-state index is 12.7. The van der Waals surface area contributed by atoms with Crippen LogP contribution < -0.4 is 10.2 Å². The molecule has 3 heterocycles. The SMILES string of the molecule is CC1CCN(C(CNC(=O)c2ccc(N3CCOC3=O)cc2)c2cccs2)CC1. The summed E-state index contributed by atoms with van der Waals surface area (Å²) in [6.07, 6.45) is 2.07. The highest BCUT2D eigenvalue weighted by atomic mass is 32.1. The lowest BCUT2D eigenvalue weighted by Gasteiger charge is -2.36. The van der Waals surface area contributed by atoms with Gasteiger partial charge in [0, 0.05) is 22.7 Å². The number of carbonyl (C=O) groups excluding carboxylic acids is 2. The lowest BCUT2D eigenvalue weighted by Crippen LogP contribution is -2.41. The fourth-order valence-electron chi connectivity index (χ4n) is 3.94. The van der Waals surface area contributed by atoms with Gasteiger partial charge in [-0.15, -0.1) is 11.3 Å². The van der Waals surface area contributed by atoms with Crippen molar-refractivity contribution in [2.24, 2.45) is 5.92 Å². The number of hydrogen-bond donors (Lipinski definition) is 1. The number of thiophene rings is 1. The van der Waals surface area contributed by atoms with E-state index in [-0.39, 0.29) is 18.0 Å². The van der Waals surface area contributed by atoms with Gasteiger partial charge in [0.2, 0.25) is 0 Å². The van der Waals surface area contributed by atoms with Crippen molar-refractivity contribution in [2.75, 3.05) is 37.7 Å². The van der Waals surface area contributed by atoms with Gasteiger partial charge in [-0.2, -0.15) is 0 Å². The van der Waals surface area contributed by atoms with Gasteiger partial charge >= 0.3 is 6.09 Å². The van der Waals surface area contributed by atoms with Crippen LogP contribution >= 0.6 is 11.3 Å². The zero-order valence-corrected chi connectivity index (χ0v) is 17.5. The number of piperidine rings is 1. The van der Waals surface area contributed by atoms with Crippen molar-refractivity contribution in [1.82, 2.24) is 10.2 Å². The molecular formula is C22H27N3O3S. The van der Waals surface area contributed by atoms with E-state index in [0.717, 1.165) is 24.7 Å². The summed E-state index contributed by atoms with van der Waals surface area (Å²) in [6.45, 7) is 5.99. The van der Waals surface area contributed by atoms with Crippen LogP contribution in [0.4, 0.5) is 10.5 Å². The van der Waals surface area contributed by atoms with Crippen LogP contribution in [0.5, 0.6) is 0 Å². The summed E-state index contributed by atoms with van der Waals surface area (Å²) in [5.41, 5.74) is 1.35. The van der Waals surface area contributed by atoms with Gasteiger partial charge in [0.15, 0.2) is 0 Å². The number of nitrogens with zero attached hydrogens (tertiary/aromatic N) is 2. The molecule has 0 saturated carbocycles. The molecule has 1 N–H and O–H groups in total. The van der Waals surface area contributed by atoms with Crippen molar-refractivity contribution >= 4 is 29.0 Å². The third kappa shape index (κ3) is 4.62. The number of likely N-dealkylation sites (tertiary alicyclic amines) is 1. The number of benzene rings is 1. The molecule has 29 heavy (non-hydrogen) atoms. The monoisotopic (exact) mass is 413 g/mol. The molecule has 0 bridgehead atoms. The number of carbonyl (C=O) groups is 2. The van der Waals surface area contributed by atoms with E-state index in [1.807, 2.05) is 0 Å². The van der Waals surface area contributed by atoms with Crippen LogP contribution in [-0.4, -0.2) is 49.7 Å². The molecule has 1 aromatic carbocycles. The molecule has 6 nitrogen and oxygen atoms in total. The Morgan fingerprint density at radius 2 is 1.97 bits per heavy atom. The minimum absolute atomic E-state index is 0.0903. The highest BCUT2D eigenvalue weighted by molar-refractivity contribution is 7.10. The fraction of sp³-hybridized carbons (Fsp3) is 0.455. The molecule has 2 saturated heterocycles. The van der Waals surface area contributed by atoms with Crippen molar-refractivity contribution in [2.45, 2.75) is 25.8 Å². The first-order chi connectivity index (χ1) is 14.1. The van der Waals surface area contributed by atoms with E-state index in [4.69, 9.17) is 4.74 Å². The van der Waals surface area contributed by atoms with E-state index in [1.54, 1.807) is 40.5 Å². The molecule has 1 atom stereocenters. The van der Waals surface area contributed by atoms with Crippen molar-refractivity contribution < 1.29 is 14.3 Å². The molecule has 2 aliphatic rings. The van der Waals surface area contributed by atoms with Crippen LogP contribution in [0.15, 0.2) is 41.8 Å². The fourth-order valence-corrected chi connectivity index (χ4v) is 4.80.